The zero-order valence-corrected chi connectivity index (χ0v) is 19.0. The van der Waals surface area contributed by atoms with Crippen molar-refractivity contribution in [2.45, 2.75) is 32.7 Å². The van der Waals surface area contributed by atoms with Gasteiger partial charge in [0.2, 0.25) is 5.91 Å². The molecule has 3 amide bonds. The van der Waals surface area contributed by atoms with Crippen LogP contribution in [0.3, 0.4) is 0 Å². The molecule has 1 aromatic carbocycles. The molecule has 1 aliphatic rings. The number of aromatic nitrogens is 1. The molecule has 2 aromatic rings. The molecular weight excluding hydrogens is 437 g/mol. The van der Waals surface area contributed by atoms with Crippen LogP contribution in [0.1, 0.15) is 31.7 Å². The molecule has 2 N–H and O–H groups in total. The Morgan fingerprint density at radius 3 is 2.48 bits per heavy atom. The number of likely N-dealkylation sites (N-methyl/N-ethyl adjacent to an activating group) is 1. The lowest BCUT2D eigenvalue weighted by atomic mass is 10.1. The summed E-state index contributed by atoms with van der Waals surface area (Å²) in [6.07, 6.45) is 5.31. The Bertz CT molecular complexity index is 898. The summed E-state index contributed by atoms with van der Waals surface area (Å²) in [4.78, 5) is 33.4. The maximum atomic E-state index is 12.7. The highest BCUT2D eigenvalue weighted by molar-refractivity contribution is 6.39. The van der Waals surface area contributed by atoms with Gasteiger partial charge in [-0.2, -0.15) is 0 Å². The van der Waals surface area contributed by atoms with E-state index in [1.165, 1.54) is 11.3 Å². The van der Waals surface area contributed by atoms with Gasteiger partial charge in [0.1, 0.15) is 12.4 Å². The van der Waals surface area contributed by atoms with Crippen LogP contribution in [0, 0.1) is 0 Å². The number of piperidine rings is 1. The quantitative estimate of drug-likeness (QED) is 0.631. The van der Waals surface area contributed by atoms with E-state index in [-0.39, 0.29) is 18.5 Å². The van der Waals surface area contributed by atoms with Crippen molar-refractivity contribution in [2.75, 3.05) is 36.4 Å². The molecule has 0 aliphatic carbocycles. The lowest BCUT2D eigenvalue weighted by Gasteiger charge is -2.29. The zero-order chi connectivity index (χ0) is 22.2. The largest absolute Gasteiger partial charge is 0.356 e. The number of urea groups is 1. The number of carbonyl (C=O) groups is 2. The van der Waals surface area contributed by atoms with Crippen LogP contribution in [0.5, 0.6) is 0 Å². The SMILES string of the molecule is CCN(CC(=O)Nc1c(Cl)cccc1Cl)C(=O)NCc1cccnc1N1CCCCC1. The molecule has 0 radical (unpaired) electrons. The minimum absolute atomic E-state index is 0.115. The predicted octanol–water partition coefficient (Wildman–Crippen LogP) is 4.55. The van der Waals surface area contributed by atoms with E-state index in [4.69, 9.17) is 23.2 Å². The minimum Gasteiger partial charge on any atom is -0.356 e. The van der Waals surface area contributed by atoms with Crippen LogP contribution in [-0.4, -0.2) is 48.0 Å². The number of carbonyl (C=O) groups excluding carboxylic acids is 2. The van der Waals surface area contributed by atoms with Crippen LogP contribution in [0.2, 0.25) is 10.0 Å². The molecule has 1 fully saturated rings. The molecule has 9 heteroatoms. The predicted molar refractivity (Wildman–Crippen MR) is 125 cm³/mol. The van der Waals surface area contributed by atoms with Crippen LogP contribution in [0.4, 0.5) is 16.3 Å². The first-order valence-corrected chi connectivity index (χ1v) is 11.2. The maximum absolute atomic E-state index is 12.7. The number of rotatable bonds is 7. The number of benzene rings is 1. The Hall–Kier alpha value is -2.51. The van der Waals surface area contributed by atoms with Gasteiger partial charge in [-0.1, -0.05) is 35.3 Å². The molecule has 0 bridgehead atoms. The second-order valence-electron chi connectivity index (χ2n) is 7.35. The Morgan fingerprint density at radius 2 is 1.81 bits per heavy atom. The van der Waals surface area contributed by atoms with Crippen molar-refractivity contribution in [3.63, 3.8) is 0 Å². The average Bonchev–Trinajstić information content (AvgIpc) is 2.79. The molecule has 166 valence electrons. The summed E-state index contributed by atoms with van der Waals surface area (Å²) in [7, 11) is 0. The lowest BCUT2D eigenvalue weighted by molar-refractivity contribution is -0.116. The van der Waals surface area contributed by atoms with Crippen LogP contribution in [0.15, 0.2) is 36.5 Å². The van der Waals surface area contributed by atoms with E-state index in [2.05, 4.69) is 20.5 Å². The highest BCUT2D eigenvalue weighted by Crippen LogP contribution is 2.29. The summed E-state index contributed by atoms with van der Waals surface area (Å²) in [5.74, 6) is 0.541. The monoisotopic (exact) mass is 463 g/mol. The van der Waals surface area contributed by atoms with Gasteiger partial charge in [0.05, 0.1) is 15.7 Å². The number of amides is 3. The number of nitrogens with one attached hydrogen (secondary N) is 2. The fourth-order valence-corrected chi connectivity index (χ4v) is 4.03. The summed E-state index contributed by atoms with van der Waals surface area (Å²) in [5.41, 5.74) is 1.30. The molecule has 2 heterocycles. The third kappa shape index (κ3) is 6.24. The molecule has 7 nitrogen and oxygen atoms in total. The van der Waals surface area contributed by atoms with Crippen LogP contribution in [0.25, 0.3) is 0 Å². The van der Waals surface area contributed by atoms with E-state index in [0.29, 0.717) is 28.8 Å². The number of para-hydroxylation sites is 1. The Balaban J connectivity index is 1.58. The third-order valence-electron chi connectivity index (χ3n) is 5.18. The highest BCUT2D eigenvalue weighted by Gasteiger charge is 2.19. The van der Waals surface area contributed by atoms with Gasteiger partial charge in [0, 0.05) is 37.9 Å². The van der Waals surface area contributed by atoms with Crippen molar-refractivity contribution in [3.05, 3.63) is 52.1 Å². The van der Waals surface area contributed by atoms with Gasteiger partial charge in [-0.25, -0.2) is 9.78 Å². The van der Waals surface area contributed by atoms with Crippen molar-refractivity contribution in [3.8, 4) is 0 Å². The normalized spacial score (nSPS) is 13.6. The molecule has 0 spiro atoms. The average molecular weight is 464 g/mol. The van der Waals surface area contributed by atoms with Crippen LogP contribution in [-0.2, 0) is 11.3 Å². The van der Waals surface area contributed by atoms with Gasteiger partial charge >= 0.3 is 6.03 Å². The third-order valence-corrected chi connectivity index (χ3v) is 5.81. The van der Waals surface area contributed by atoms with E-state index in [0.717, 1.165) is 37.3 Å². The van der Waals surface area contributed by atoms with Gasteiger partial charge in [0.15, 0.2) is 0 Å². The van der Waals surface area contributed by atoms with Gasteiger partial charge < -0.3 is 20.4 Å². The Labute approximate surface area is 192 Å². The summed E-state index contributed by atoms with van der Waals surface area (Å²) < 4.78 is 0. The van der Waals surface area contributed by atoms with Gasteiger partial charge in [-0.3, -0.25) is 4.79 Å². The van der Waals surface area contributed by atoms with Gasteiger partial charge in [0.25, 0.3) is 0 Å². The van der Waals surface area contributed by atoms with Crippen molar-refractivity contribution < 1.29 is 9.59 Å². The Morgan fingerprint density at radius 1 is 1.10 bits per heavy atom. The first-order chi connectivity index (χ1) is 15.0. The number of halogens is 2. The number of anilines is 2. The standard InChI is InChI=1S/C22H27Cl2N5O2/c1-2-28(15-19(30)27-20-17(23)9-6-10-18(20)24)22(31)26-14-16-8-7-11-25-21(16)29-12-4-3-5-13-29/h6-11H,2-5,12-15H2,1H3,(H,26,31)(H,27,30). The summed E-state index contributed by atoms with van der Waals surface area (Å²) in [6, 6.07) is 8.49. The van der Waals surface area contributed by atoms with E-state index in [1.54, 1.807) is 24.4 Å². The number of pyridine rings is 1. The topological polar surface area (TPSA) is 77.6 Å². The number of hydrogen-bond donors (Lipinski definition) is 2. The Kier molecular flexibility index (Phi) is 8.37. The van der Waals surface area contributed by atoms with Crippen molar-refractivity contribution in [2.24, 2.45) is 0 Å². The maximum Gasteiger partial charge on any atom is 0.318 e. The fourth-order valence-electron chi connectivity index (χ4n) is 3.54. The van der Waals surface area contributed by atoms with Crippen molar-refractivity contribution >= 4 is 46.6 Å². The number of nitrogens with zero attached hydrogens (tertiary/aromatic N) is 3. The molecule has 3 rings (SSSR count). The first-order valence-electron chi connectivity index (χ1n) is 10.4. The number of hydrogen-bond acceptors (Lipinski definition) is 4. The fraction of sp³-hybridized carbons (Fsp3) is 0.409. The summed E-state index contributed by atoms with van der Waals surface area (Å²) in [5, 5.41) is 6.28. The minimum atomic E-state index is -0.373. The summed E-state index contributed by atoms with van der Waals surface area (Å²) in [6.45, 7) is 4.37. The smallest absolute Gasteiger partial charge is 0.318 e. The van der Waals surface area contributed by atoms with E-state index >= 15 is 0 Å². The van der Waals surface area contributed by atoms with Crippen LogP contribution >= 0.6 is 23.2 Å². The van der Waals surface area contributed by atoms with Crippen molar-refractivity contribution in [1.82, 2.24) is 15.2 Å². The molecule has 1 aliphatic heterocycles. The second kappa shape index (κ2) is 11.2. The second-order valence-corrected chi connectivity index (χ2v) is 8.17. The van der Waals surface area contributed by atoms with E-state index in [9.17, 15) is 9.59 Å². The zero-order valence-electron chi connectivity index (χ0n) is 17.5. The molecule has 0 atom stereocenters. The summed E-state index contributed by atoms with van der Waals surface area (Å²) >= 11 is 12.2. The highest BCUT2D eigenvalue weighted by atomic mass is 35.5. The molecule has 31 heavy (non-hydrogen) atoms. The first kappa shape index (κ1) is 23.2. The van der Waals surface area contributed by atoms with Gasteiger partial charge in [-0.15, -0.1) is 0 Å². The lowest BCUT2D eigenvalue weighted by Crippen LogP contribution is -2.44. The molecule has 0 unspecified atom stereocenters. The van der Waals surface area contributed by atoms with Crippen molar-refractivity contribution in [1.29, 1.82) is 0 Å². The van der Waals surface area contributed by atoms with E-state index < -0.39 is 0 Å². The molecule has 1 aromatic heterocycles. The molecule has 0 saturated carbocycles. The molecular formula is C22H27Cl2N5O2. The van der Waals surface area contributed by atoms with Gasteiger partial charge in [-0.05, 0) is 44.4 Å². The molecule has 1 saturated heterocycles. The van der Waals surface area contributed by atoms with E-state index in [1.807, 2.05) is 19.1 Å². The van der Waals surface area contributed by atoms with Crippen LogP contribution < -0.4 is 15.5 Å².